The highest BCUT2D eigenvalue weighted by molar-refractivity contribution is 6.04. The highest BCUT2D eigenvalue weighted by atomic mass is 16.1. The zero-order valence-electron chi connectivity index (χ0n) is 10.3. The van der Waals surface area contributed by atoms with Crippen LogP contribution in [0.1, 0.15) is 21.5 Å². The van der Waals surface area contributed by atoms with Gasteiger partial charge >= 0.3 is 0 Å². The molecule has 0 radical (unpaired) electrons. The van der Waals surface area contributed by atoms with Crippen molar-refractivity contribution >= 4 is 11.6 Å². The molecule has 0 aliphatic heterocycles. The van der Waals surface area contributed by atoms with E-state index in [1.165, 1.54) is 0 Å². The minimum atomic E-state index is -0.187. The maximum absolute atomic E-state index is 12.0. The Morgan fingerprint density at radius 3 is 2.26 bits per heavy atom. The van der Waals surface area contributed by atoms with Crippen LogP contribution in [0.3, 0.4) is 0 Å². The first-order valence-electron chi connectivity index (χ1n) is 5.83. The van der Waals surface area contributed by atoms with Crippen molar-refractivity contribution in [2.75, 3.05) is 5.32 Å². The van der Waals surface area contributed by atoms with E-state index in [0.717, 1.165) is 5.56 Å². The number of nitrogens with two attached hydrogens (primary N) is 1. The molecule has 0 fully saturated rings. The predicted octanol–water partition coefficient (Wildman–Crippen LogP) is 2.27. The van der Waals surface area contributed by atoms with Crippen molar-refractivity contribution < 1.29 is 4.79 Å². The first kappa shape index (κ1) is 12.8. The SMILES string of the molecule is N#Cc1ccc(NC(=O)c2ccc(CN)cc2)cc1. The van der Waals surface area contributed by atoms with Gasteiger partial charge in [0.15, 0.2) is 0 Å². The summed E-state index contributed by atoms with van der Waals surface area (Å²) in [5, 5.41) is 11.5. The van der Waals surface area contributed by atoms with Gasteiger partial charge in [0, 0.05) is 17.8 Å². The number of amides is 1. The van der Waals surface area contributed by atoms with E-state index in [4.69, 9.17) is 11.0 Å². The molecule has 4 nitrogen and oxygen atoms in total. The number of anilines is 1. The molecule has 0 bridgehead atoms. The van der Waals surface area contributed by atoms with E-state index in [2.05, 4.69) is 5.32 Å². The van der Waals surface area contributed by atoms with E-state index in [1.54, 1.807) is 36.4 Å². The summed E-state index contributed by atoms with van der Waals surface area (Å²) in [6, 6.07) is 15.9. The molecule has 2 aromatic carbocycles. The third-order valence-corrected chi connectivity index (χ3v) is 2.72. The lowest BCUT2D eigenvalue weighted by Gasteiger charge is -2.05. The smallest absolute Gasteiger partial charge is 0.255 e. The molecule has 19 heavy (non-hydrogen) atoms. The Bertz CT molecular complexity index is 609. The van der Waals surface area contributed by atoms with Gasteiger partial charge in [-0.15, -0.1) is 0 Å². The lowest BCUT2D eigenvalue weighted by molar-refractivity contribution is 0.102. The van der Waals surface area contributed by atoms with Crippen molar-refractivity contribution in [3.05, 3.63) is 65.2 Å². The molecular weight excluding hydrogens is 238 g/mol. The molecule has 0 saturated carbocycles. The number of rotatable bonds is 3. The van der Waals surface area contributed by atoms with Gasteiger partial charge in [-0.05, 0) is 42.0 Å². The number of nitrogens with zero attached hydrogens (tertiary/aromatic N) is 1. The first-order valence-corrected chi connectivity index (χ1v) is 5.83. The minimum Gasteiger partial charge on any atom is -0.326 e. The first-order chi connectivity index (χ1) is 9.22. The number of nitrogens with one attached hydrogen (secondary N) is 1. The lowest BCUT2D eigenvalue weighted by Crippen LogP contribution is -2.12. The van der Waals surface area contributed by atoms with Gasteiger partial charge in [-0.1, -0.05) is 12.1 Å². The predicted molar refractivity (Wildman–Crippen MR) is 73.4 cm³/mol. The van der Waals surface area contributed by atoms with Crippen LogP contribution in [0.15, 0.2) is 48.5 Å². The van der Waals surface area contributed by atoms with Crippen LogP contribution in [0.4, 0.5) is 5.69 Å². The Balaban J connectivity index is 2.09. The Morgan fingerprint density at radius 2 is 1.74 bits per heavy atom. The molecule has 4 heteroatoms. The lowest BCUT2D eigenvalue weighted by atomic mass is 10.1. The molecule has 0 atom stereocenters. The van der Waals surface area contributed by atoms with E-state index < -0.39 is 0 Å². The normalized spacial score (nSPS) is 9.68. The Hall–Kier alpha value is -2.64. The Kier molecular flexibility index (Phi) is 3.91. The number of carbonyl (C=O) groups excluding carboxylic acids is 1. The van der Waals surface area contributed by atoms with Gasteiger partial charge in [0.25, 0.3) is 5.91 Å². The standard InChI is InChI=1S/C15H13N3O/c16-9-11-1-5-13(6-2-11)15(19)18-14-7-3-12(10-17)4-8-14/h1-8H,9,16H2,(H,18,19). The monoisotopic (exact) mass is 251 g/mol. The maximum Gasteiger partial charge on any atom is 0.255 e. The largest absolute Gasteiger partial charge is 0.326 e. The molecule has 94 valence electrons. The number of hydrogen-bond donors (Lipinski definition) is 2. The molecule has 0 aliphatic rings. The number of carbonyl (C=O) groups is 1. The molecular formula is C15H13N3O. The van der Waals surface area contributed by atoms with E-state index >= 15 is 0 Å². The third kappa shape index (κ3) is 3.18. The molecule has 0 aromatic heterocycles. The topological polar surface area (TPSA) is 78.9 Å². The molecule has 1 amide bonds. The van der Waals surface area contributed by atoms with Crippen LogP contribution >= 0.6 is 0 Å². The highest BCUT2D eigenvalue weighted by Gasteiger charge is 2.05. The summed E-state index contributed by atoms with van der Waals surface area (Å²) in [7, 11) is 0. The van der Waals surface area contributed by atoms with Crippen molar-refractivity contribution in [2.45, 2.75) is 6.54 Å². The molecule has 3 N–H and O–H groups in total. The van der Waals surface area contributed by atoms with E-state index in [1.807, 2.05) is 18.2 Å². The quantitative estimate of drug-likeness (QED) is 0.878. The summed E-state index contributed by atoms with van der Waals surface area (Å²) in [6.45, 7) is 0.456. The second-order valence-corrected chi connectivity index (χ2v) is 4.04. The number of hydrogen-bond acceptors (Lipinski definition) is 3. The maximum atomic E-state index is 12.0. The van der Waals surface area contributed by atoms with Crippen molar-refractivity contribution in [1.82, 2.24) is 0 Å². The molecule has 0 heterocycles. The second kappa shape index (κ2) is 5.80. The van der Waals surface area contributed by atoms with Crippen molar-refractivity contribution in [3.63, 3.8) is 0 Å². The molecule has 0 unspecified atom stereocenters. The van der Waals surface area contributed by atoms with Crippen molar-refractivity contribution in [3.8, 4) is 6.07 Å². The second-order valence-electron chi connectivity index (χ2n) is 4.04. The van der Waals surface area contributed by atoms with Crippen LogP contribution in [0.5, 0.6) is 0 Å². The van der Waals surface area contributed by atoms with Gasteiger partial charge in [0.05, 0.1) is 11.6 Å². The minimum absolute atomic E-state index is 0.187. The van der Waals surface area contributed by atoms with E-state index in [9.17, 15) is 4.79 Å². The van der Waals surface area contributed by atoms with Crippen LogP contribution in [-0.4, -0.2) is 5.91 Å². The number of nitriles is 1. The zero-order chi connectivity index (χ0) is 13.7. The fourth-order valence-corrected chi connectivity index (χ4v) is 1.62. The fourth-order valence-electron chi connectivity index (χ4n) is 1.62. The van der Waals surface area contributed by atoms with Gasteiger partial charge < -0.3 is 11.1 Å². The highest BCUT2D eigenvalue weighted by Crippen LogP contribution is 2.11. The number of benzene rings is 2. The van der Waals surface area contributed by atoms with Gasteiger partial charge in [-0.3, -0.25) is 4.79 Å². The van der Waals surface area contributed by atoms with Crippen LogP contribution in [-0.2, 0) is 6.54 Å². The average molecular weight is 251 g/mol. The summed E-state index contributed by atoms with van der Waals surface area (Å²) in [4.78, 5) is 12.0. The third-order valence-electron chi connectivity index (χ3n) is 2.72. The van der Waals surface area contributed by atoms with E-state index in [-0.39, 0.29) is 5.91 Å². The molecule has 0 aliphatic carbocycles. The molecule has 0 spiro atoms. The van der Waals surface area contributed by atoms with Crippen LogP contribution < -0.4 is 11.1 Å². The summed E-state index contributed by atoms with van der Waals surface area (Å²) in [5.74, 6) is -0.187. The van der Waals surface area contributed by atoms with Crippen LogP contribution in [0.2, 0.25) is 0 Å². The Labute approximate surface area is 111 Å². The fraction of sp³-hybridized carbons (Fsp3) is 0.0667. The van der Waals surface area contributed by atoms with Gasteiger partial charge in [0.1, 0.15) is 0 Å². The summed E-state index contributed by atoms with van der Waals surface area (Å²) in [5.41, 5.74) is 8.27. The zero-order valence-corrected chi connectivity index (χ0v) is 10.3. The van der Waals surface area contributed by atoms with Gasteiger partial charge in [-0.2, -0.15) is 5.26 Å². The average Bonchev–Trinajstić information content (AvgIpc) is 2.48. The van der Waals surface area contributed by atoms with Crippen LogP contribution in [0.25, 0.3) is 0 Å². The molecule has 2 aromatic rings. The van der Waals surface area contributed by atoms with Crippen LogP contribution in [0, 0.1) is 11.3 Å². The van der Waals surface area contributed by atoms with Gasteiger partial charge in [-0.25, -0.2) is 0 Å². The summed E-state index contributed by atoms with van der Waals surface area (Å²) >= 11 is 0. The van der Waals surface area contributed by atoms with Crippen molar-refractivity contribution in [2.24, 2.45) is 5.73 Å². The summed E-state index contributed by atoms with van der Waals surface area (Å²) < 4.78 is 0. The molecule has 2 rings (SSSR count). The Morgan fingerprint density at radius 1 is 1.11 bits per heavy atom. The van der Waals surface area contributed by atoms with Crippen molar-refractivity contribution in [1.29, 1.82) is 5.26 Å². The summed E-state index contributed by atoms with van der Waals surface area (Å²) in [6.07, 6.45) is 0. The molecule has 0 saturated heterocycles. The van der Waals surface area contributed by atoms with E-state index in [0.29, 0.717) is 23.4 Å². The van der Waals surface area contributed by atoms with Gasteiger partial charge in [0.2, 0.25) is 0 Å².